The predicted octanol–water partition coefficient (Wildman–Crippen LogP) is 8.01. The lowest BCUT2D eigenvalue weighted by atomic mass is 10.1. The van der Waals surface area contributed by atoms with E-state index in [4.69, 9.17) is 4.42 Å². The van der Waals surface area contributed by atoms with Crippen LogP contribution < -0.4 is 15.4 Å². The predicted molar refractivity (Wildman–Crippen MR) is 161 cm³/mol. The summed E-state index contributed by atoms with van der Waals surface area (Å²) in [6.45, 7) is 5.86. The number of hydrogen-bond acceptors (Lipinski definition) is 5. The van der Waals surface area contributed by atoms with E-state index < -0.39 is 11.4 Å². The molecule has 0 saturated carbocycles. The Bertz CT molecular complexity index is 1610. The summed E-state index contributed by atoms with van der Waals surface area (Å²) < 4.78 is 5.53. The summed E-state index contributed by atoms with van der Waals surface area (Å²) in [5.41, 5.74) is 4.79. The molecule has 0 amide bonds. The van der Waals surface area contributed by atoms with Gasteiger partial charge >= 0.3 is 5.63 Å². The van der Waals surface area contributed by atoms with Crippen molar-refractivity contribution in [1.29, 1.82) is 0 Å². The fourth-order valence-electron chi connectivity index (χ4n) is 4.65. The van der Waals surface area contributed by atoms with E-state index in [2.05, 4.69) is 47.9 Å². The van der Waals surface area contributed by atoms with E-state index in [1.54, 1.807) is 12.1 Å². The zero-order valence-electron chi connectivity index (χ0n) is 22.1. The molecule has 5 nitrogen and oxygen atoms in total. The third-order valence-electron chi connectivity index (χ3n) is 6.72. The molecule has 5 heteroatoms. The van der Waals surface area contributed by atoms with E-state index in [0.29, 0.717) is 11.0 Å². The van der Waals surface area contributed by atoms with Crippen LogP contribution in [0.5, 0.6) is 0 Å². The molecular weight excluding hydrogens is 484 g/mol. The molecule has 0 aliphatic heterocycles. The number of fused-ring (bicyclic) bond motifs is 1. The average Bonchev–Trinajstić information content (AvgIpc) is 2.98. The molecule has 5 aromatic rings. The van der Waals surface area contributed by atoms with Crippen LogP contribution in [0.25, 0.3) is 17.0 Å². The van der Waals surface area contributed by atoms with Crippen LogP contribution in [0.4, 0.5) is 22.7 Å². The molecule has 0 radical (unpaired) electrons. The van der Waals surface area contributed by atoms with Crippen molar-refractivity contribution in [2.45, 2.75) is 13.8 Å². The van der Waals surface area contributed by atoms with Crippen LogP contribution in [0.2, 0.25) is 0 Å². The van der Waals surface area contributed by atoms with Crippen molar-refractivity contribution in [3.05, 3.63) is 137 Å². The highest BCUT2D eigenvalue weighted by Gasteiger charge is 2.14. The number of carbonyl (C=O) groups is 1. The van der Waals surface area contributed by atoms with Crippen molar-refractivity contribution in [3.63, 3.8) is 0 Å². The largest absolute Gasteiger partial charge is 0.422 e. The molecule has 0 unspecified atom stereocenters. The van der Waals surface area contributed by atoms with Gasteiger partial charge in [0.1, 0.15) is 11.1 Å². The number of hydrogen-bond donors (Lipinski definition) is 0. The highest BCUT2D eigenvalue weighted by atomic mass is 16.4. The van der Waals surface area contributed by atoms with Crippen LogP contribution in [0.15, 0.2) is 124 Å². The maximum Gasteiger partial charge on any atom is 0.347 e. The number of rotatable bonds is 9. The maximum absolute atomic E-state index is 12.9. The molecule has 1 aromatic heterocycles. The molecule has 39 heavy (non-hydrogen) atoms. The van der Waals surface area contributed by atoms with Gasteiger partial charge in [-0.2, -0.15) is 0 Å². The molecule has 0 saturated heterocycles. The summed E-state index contributed by atoms with van der Waals surface area (Å²) in [6, 6.07) is 35.6. The van der Waals surface area contributed by atoms with Crippen LogP contribution in [0.3, 0.4) is 0 Å². The van der Waals surface area contributed by atoms with Crippen LogP contribution in [-0.2, 0) is 0 Å². The second kappa shape index (κ2) is 11.7. The van der Waals surface area contributed by atoms with Gasteiger partial charge in [0.2, 0.25) is 0 Å². The average molecular weight is 515 g/mol. The number of allylic oxidation sites excluding steroid dienone is 1. The first-order valence-electron chi connectivity index (χ1n) is 13.1. The fourth-order valence-corrected chi connectivity index (χ4v) is 4.65. The Morgan fingerprint density at radius 3 is 1.87 bits per heavy atom. The Morgan fingerprint density at radius 2 is 1.28 bits per heavy atom. The molecule has 1 heterocycles. The van der Waals surface area contributed by atoms with E-state index in [0.717, 1.165) is 41.4 Å². The molecule has 0 N–H and O–H groups in total. The highest BCUT2D eigenvalue weighted by molar-refractivity contribution is 6.07. The normalized spacial score (nSPS) is 11.1. The third-order valence-corrected chi connectivity index (χ3v) is 6.72. The second-order valence-corrected chi connectivity index (χ2v) is 9.14. The lowest BCUT2D eigenvalue weighted by molar-refractivity contribution is 0.104. The van der Waals surface area contributed by atoms with Crippen molar-refractivity contribution in [1.82, 2.24) is 0 Å². The van der Waals surface area contributed by atoms with E-state index in [1.165, 1.54) is 6.08 Å². The molecule has 0 atom stereocenters. The molecule has 0 bridgehead atoms. The number of anilines is 4. The summed E-state index contributed by atoms with van der Waals surface area (Å²) in [5, 5.41) is 0.716. The van der Waals surface area contributed by atoms with Crippen molar-refractivity contribution < 1.29 is 9.21 Å². The second-order valence-electron chi connectivity index (χ2n) is 9.14. The standard InChI is InChI=1S/C34H30N2O3/c1-3-35(4-2)30-21-18-26-23-31(34(38)39-33(26)24-30)32(37)22-17-25-15-19-29(20-16-25)36(27-11-7-5-8-12-27)28-13-9-6-10-14-28/h5-24H,3-4H2,1-2H3. The van der Waals surface area contributed by atoms with Crippen LogP contribution >= 0.6 is 0 Å². The lowest BCUT2D eigenvalue weighted by Gasteiger charge is -2.25. The summed E-state index contributed by atoms with van der Waals surface area (Å²) in [5.74, 6) is -0.391. The Hall–Kier alpha value is -4.90. The summed E-state index contributed by atoms with van der Waals surface area (Å²) in [4.78, 5) is 29.9. The van der Waals surface area contributed by atoms with Gasteiger partial charge in [0, 0.05) is 47.3 Å². The van der Waals surface area contributed by atoms with Crippen LogP contribution in [-0.4, -0.2) is 18.9 Å². The van der Waals surface area contributed by atoms with E-state index in [9.17, 15) is 9.59 Å². The number of nitrogens with zero attached hydrogens (tertiary/aromatic N) is 2. The van der Waals surface area contributed by atoms with Gasteiger partial charge in [-0.1, -0.05) is 54.6 Å². The SMILES string of the molecule is CCN(CC)c1ccc2cc(C(=O)C=Cc3ccc(N(c4ccccc4)c4ccccc4)cc3)c(=O)oc2c1. The van der Waals surface area contributed by atoms with Crippen LogP contribution in [0.1, 0.15) is 29.8 Å². The van der Waals surface area contributed by atoms with E-state index in [-0.39, 0.29) is 5.56 Å². The first-order valence-corrected chi connectivity index (χ1v) is 13.1. The third kappa shape index (κ3) is 5.68. The number of benzene rings is 4. The minimum atomic E-state index is -0.634. The van der Waals surface area contributed by atoms with E-state index >= 15 is 0 Å². The molecule has 0 aliphatic rings. The first kappa shape index (κ1) is 25.7. The van der Waals surface area contributed by atoms with Gasteiger partial charge in [-0.3, -0.25) is 4.79 Å². The van der Waals surface area contributed by atoms with Crippen LogP contribution in [0, 0.1) is 0 Å². The van der Waals surface area contributed by atoms with Gasteiger partial charge in [-0.05, 0) is 80.1 Å². The van der Waals surface area contributed by atoms with Gasteiger partial charge in [-0.25, -0.2) is 4.79 Å². The quantitative estimate of drug-likeness (QED) is 0.113. The van der Waals surface area contributed by atoms with Crippen molar-refractivity contribution >= 4 is 45.6 Å². The number of ketones is 1. The van der Waals surface area contributed by atoms with E-state index in [1.807, 2.05) is 78.9 Å². The zero-order valence-corrected chi connectivity index (χ0v) is 22.1. The minimum absolute atomic E-state index is 0.0188. The summed E-state index contributed by atoms with van der Waals surface area (Å²) in [7, 11) is 0. The minimum Gasteiger partial charge on any atom is -0.422 e. The number of para-hydroxylation sites is 2. The van der Waals surface area contributed by atoms with Gasteiger partial charge < -0.3 is 14.2 Å². The van der Waals surface area contributed by atoms with Gasteiger partial charge in [-0.15, -0.1) is 0 Å². The molecule has 0 aliphatic carbocycles. The Kier molecular flexibility index (Phi) is 7.69. The maximum atomic E-state index is 12.9. The number of carbonyl (C=O) groups excluding carboxylic acids is 1. The first-order chi connectivity index (χ1) is 19.1. The topological polar surface area (TPSA) is 53.8 Å². The Morgan fingerprint density at radius 1 is 0.718 bits per heavy atom. The molecule has 0 fully saturated rings. The van der Waals surface area contributed by atoms with Gasteiger partial charge in [0.25, 0.3) is 0 Å². The Balaban J connectivity index is 1.38. The summed E-state index contributed by atoms with van der Waals surface area (Å²) >= 11 is 0. The molecule has 0 spiro atoms. The molecule has 194 valence electrons. The van der Waals surface area contributed by atoms with Crippen molar-refractivity contribution in [3.8, 4) is 0 Å². The monoisotopic (exact) mass is 514 g/mol. The molecule has 5 rings (SSSR count). The zero-order chi connectivity index (χ0) is 27.2. The molecule has 4 aromatic carbocycles. The van der Waals surface area contributed by atoms with Crippen molar-refractivity contribution in [2.75, 3.05) is 22.9 Å². The smallest absolute Gasteiger partial charge is 0.347 e. The summed E-state index contributed by atoms with van der Waals surface area (Å²) in [6.07, 6.45) is 3.14. The highest BCUT2D eigenvalue weighted by Crippen LogP contribution is 2.34. The lowest BCUT2D eigenvalue weighted by Crippen LogP contribution is -2.21. The molecular formula is C34H30N2O3. The van der Waals surface area contributed by atoms with Gasteiger partial charge in [0.05, 0.1) is 0 Å². The fraction of sp³-hybridized carbons (Fsp3) is 0.118. The Labute approximate surface area is 228 Å². The van der Waals surface area contributed by atoms with Gasteiger partial charge in [0.15, 0.2) is 5.78 Å². The van der Waals surface area contributed by atoms with Crippen molar-refractivity contribution in [2.24, 2.45) is 0 Å².